The van der Waals surface area contributed by atoms with E-state index in [9.17, 15) is 34.8 Å². The van der Waals surface area contributed by atoms with Crippen LogP contribution in [0, 0.1) is 0 Å². The van der Waals surface area contributed by atoms with Gasteiger partial charge in [0.15, 0.2) is 12.1 Å². The Morgan fingerprint density at radius 2 is 1.85 bits per heavy atom. The summed E-state index contributed by atoms with van der Waals surface area (Å²) in [4.78, 5) is 38.8. The maximum absolute atomic E-state index is 13.7. The highest BCUT2D eigenvalue weighted by molar-refractivity contribution is 6.31. The van der Waals surface area contributed by atoms with E-state index in [-0.39, 0.29) is 40.8 Å². The SMILES string of the molecule is COc1cccc2c1C(=O)c1c(O)c3c(c(O)c1C2=O)C[C@@](O)(C(N)C=O)C[C@@H]3O[C@H]1C[C@H](N)[C@H](O)[C@H](C)O1. The van der Waals surface area contributed by atoms with Crippen molar-refractivity contribution in [1.82, 2.24) is 0 Å². The third kappa shape index (κ3) is 4.11. The highest BCUT2D eigenvalue weighted by Gasteiger charge is 2.49. The second-order valence-corrected chi connectivity index (χ2v) is 10.3. The van der Waals surface area contributed by atoms with Crippen LogP contribution in [0.3, 0.4) is 0 Å². The minimum Gasteiger partial charge on any atom is -0.507 e. The fourth-order valence-corrected chi connectivity index (χ4v) is 5.80. The van der Waals surface area contributed by atoms with Crippen LogP contribution in [-0.2, 0) is 20.7 Å². The van der Waals surface area contributed by atoms with Crippen molar-refractivity contribution in [3.05, 3.63) is 51.6 Å². The molecule has 1 fully saturated rings. The lowest BCUT2D eigenvalue weighted by molar-refractivity contribution is -0.248. The smallest absolute Gasteiger partial charge is 0.202 e. The number of aliphatic hydroxyl groups excluding tert-OH is 1. The summed E-state index contributed by atoms with van der Waals surface area (Å²) in [6.07, 6.45) is -4.25. The predicted molar refractivity (Wildman–Crippen MR) is 134 cm³/mol. The van der Waals surface area contributed by atoms with Gasteiger partial charge in [-0.3, -0.25) is 9.59 Å². The van der Waals surface area contributed by atoms with Gasteiger partial charge in [-0.15, -0.1) is 0 Å². The van der Waals surface area contributed by atoms with Gasteiger partial charge in [-0.25, -0.2) is 0 Å². The lowest BCUT2D eigenvalue weighted by Crippen LogP contribution is -2.55. The van der Waals surface area contributed by atoms with E-state index in [1.165, 1.54) is 25.3 Å². The Morgan fingerprint density at radius 1 is 1.15 bits per heavy atom. The summed E-state index contributed by atoms with van der Waals surface area (Å²) < 4.78 is 17.1. The third-order valence-corrected chi connectivity index (χ3v) is 7.94. The number of ketones is 2. The number of ether oxygens (including phenoxy) is 3. The van der Waals surface area contributed by atoms with Crippen molar-refractivity contribution in [1.29, 1.82) is 0 Å². The number of carbonyl (C=O) groups excluding carboxylic acids is 3. The highest BCUT2D eigenvalue weighted by Crippen LogP contribution is 2.52. The number of fused-ring (bicyclic) bond motifs is 3. The molecule has 0 bridgehead atoms. The number of methoxy groups -OCH3 is 1. The molecule has 1 heterocycles. The molecular formula is C27H30N2O10. The van der Waals surface area contributed by atoms with Gasteiger partial charge >= 0.3 is 0 Å². The molecule has 0 aromatic heterocycles. The third-order valence-electron chi connectivity index (χ3n) is 7.94. The van der Waals surface area contributed by atoms with Gasteiger partial charge in [0.25, 0.3) is 0 Å². The fourth-order valence-electron chi connectivity index (χ4n) is 5.80. The maximum atomic E-state index is 13.7. The van der Waals surface area contributed by atoms with E-state index in [0.29, 0.717) is 6.29 Å². The van der Waals surface area contributed by atoms with Gasteiger partial charge in [-0.2, -0.15) is 0 Å². The van der Waals surface area contributed by atoms with Gasteiger partial charge in [0.1, 0.15) is 23.5 Å². The topological polar surface area (TPSA) is 212 Å². The summed E-state index contributed by atoms with van der Waals surface area (Å²) in [6, 6.07) is 2.30. The van der Waals surface area contributed by atoms with Crippen molar-refractivity contribution in [2.75, 3.05) is 7.11 Å². The van der Waals surface area contributed by atoms with Crippen molar-refractivity contribution < 1.29 is 49.0 Å². The van der Waals surface area contributed by atoms with Crippen LogP contribution < -0.4 is 16.2 Å². The van der Waals surface area contributed by atoms with E-state index in [4.69, 9.17) is 25.7 Å². The molecule has 1 unspecified atom stereocenters. The maximum Gasteiger partial charge on any atom is 0.202 e. The van der Waals surface area contributed by atoms with Crippen molar-refractivity contribution in [3.63, 3.8) is 0 Å². The zero-order valence-corrected chi connectivity index (χ0v) is 21.3. The van der Waals surface area contributed by atoms with E-state index in [2.05, 4.69) is 0 Å². The Bertz CT molecular complexity index is 1370. The second-order valence-electron chi connectivity index (χ2n) is 10.3. The van der Waals surface area contributed by atoms with Gasteiger partial charge in [-0.05, 0) is 13.0 Å². The summed E-state index contributed by atoms with van der Waals surface area (Å²) in [6.45, 7) is 1.60. The molecule has 0 amide bonds. The van der Waals surface area contributed by atoms with Crippen molar-refractivity contribution in [3.8, 4) is 17.2 Å². The Kier molecular flexibility index (Phi) is 6.74. The molecule has 7 atom stereocenters. The van der Waals surface area contributed by atoms with Crippen LogP contribution in [0.1, 0.15) is 68.8 Å². The van der Waals surface area contributed by atoms with E-state index >= 15 is 0 Å². The van der Waals surface area contributed by atoms with E-state index in [1.807, 2.05) is 0 Å². The van der Waals surface area contributed by atoms with Crippen molar-refractivity contribution in [2.24, 2.45) is 11.5 Å². The zero-order valence-electron chi connectivity index (χ0n) is 21.3. The van der Waals surface area contributed by atoms with Crippen molar-refractivity contribution in [2.45, 2.75) is 68.5 Å². The molecule has 5 rings (SSSR count). The molecule has 12 nitrogen and oxygen atoms in total. The molecule has 39 heavy (non-hydrogen) atoms. The monoisotopic (exact) mass is 542 g/mol. The average molecular weight is 543 g/mol. The number of rotatable bonds is 5. The van der Waals surface area contributed by atoms with Crippen LogP contribution in [0.5, 0.6) is 17.2 Å². The fraction of sp³-hybridized carbons (Fsp3) is 0.444. The lowest BCUT2D eigenvalue weighted by atomic mass is 9.71. The number of hydrogen-bond donors (Lipinski definition) is 6. The van der Waals surface area contributed by atoms with Crippen LogP contribution in [0.25, 0.3) is 0 Å². The van der Waals surface area contributed by atoms with Crippen LogP contribution in [0.15, 0.2) is 18.2 Å². The molecule has 0 spiro atoms. The molecule has 208 valence electrons. The number of aromatic hydroxyl groups is 2. The largest absolute Gasteiger partial charge is 0.507 e. The predicted octanol–water partition coefficient (Wildman–Crippen LogP) is -0.0339. The second kappa shape index (κ2) is 9.66. The quantitative estimate of drug-likeness (QED) is 0.185. The molecule has 8 N–H and O–H groups in total. The molecular weight excluding hydrogens is 512 g/mol. The summed E-state index contributed by atoms with van der Waals surface area (Å²) in [7, 11) is 1.33. The molecule has 1 aliphatic heterocycles. The number of benzene rings is 2. The van der Waals surface area contributed by atoms with Crippen LogP contribution in [0.2, 0.25) is 0 Å². The minimum atomic E-state index is -1.94. The number of hydrogen-bond acceptors (Lipinski definition) is 12. The first-order valence-electron chi connectivity index (χ1n) is 12.5. The summed E-state index contributed by atoms with van der Waals surface area (Å²) in [5, 5.41) is 44.4. The number of aliphatic hydroxyl groups is 2. The molecule has 2 aliphatic carbocycles. The summed E-state index contributed by atoms with van der Waals surface area (Å²) >= 11 is 0. The first-order valence-corrected chi connectivity index (χ1v) is 12.5. The van der Waals surface area contributed by atoms with E-state index < -0.39 is 82.9 Å². The highest BCUT2D eigenvalue weighted by atomic mass is 16.7. The van der Waals surface area contributed by atoms with Gasteiger partial charge < -0.3 is 50.9 Å². The first-order chi connectivity index (χ1) is 18.4. The molecule has 1 saturated heterocycles. The number of aldehydes is 1. The molecule has 2 aromatic carbocycles. The first kappa shape index (κ1) is 27.2. The Morgan fingerprint density at radius 3 is 2.49 bits per heavy atom. The molecule has 0 saturated carbocycles. The lowest BCUT2D eigenvalue weighted by Gasteiger charge is -2.43. The van der Waals surface area contributed by atoms with Crippen LogP contribution in [-0.4, -0.2) is 81.6 Å². The number of phenols is 2. The van der Waals surface area contributed by atoms with Gasteiger partial charge in [0.05, 0.1) is 53.8 Å². The Balaban J connectivity index is 1.69. The van der Waals surface area contributed by atoms with E-state index in [1.54, 1.807) is 6.92 Å². The molecule has 0 radical (unpaired) electrons. The Labute approximate surface area is 223 Å². The van der Waals surface area contributed by atoms with Gasteiger partial charge in [0, 0.05) is 42.0 Å². The zero-order chi connectivity index (χ0) is 28.4. The normalized spacial score (nSPS) is 30.7. The average Bonchev–Trinajstić information content (AvgIpc) is 2.90. The van der Waals surface area contributed by atoms with Gasteiger partial charge in [0.2, 0.25) is 5.78 Å². The van der Waals surface area contributed by atoms with Gasteiger partial charge in [-0.1, -0.05) is 12.1 Å². The summed E-state index contributed by atoms with van der Waals surface area (Å²) in [5.41, 5.74) is 8.90. The Hall–Kier alpha value is -3.39. The summed E-state index contributed by atoms with van der Waals surface area (Å²) in [5.74, 6) is -2.62. The number of carbonyl (C=O) groups is 3. The molecule has 3 aliphatic rings. The standard InChI is InChI=1S/C27H30N2O10/c1-10-22(31)13(28)6-17(38-10)39-15-8-27(36,16(29)9-30)7-12-19(15)26(35)21-20(24(12)33)23(32)11-4-3-5-14(37-2)18(11)25(21)34/h3-5,9-10,13,15-17,22,31,33,35-36H,6-8,28-29H2,1-2H3/t10-,13-,15-,16?,17-,22+,27-/m0/s1. The molecule has 12 heteroatoms. The minimum absolute atomic E-state index is 0.0258. The van der Waals surface area contributed by atoms with Crippen LogP contribution in [0.4, 0.5) is 0 Å². The number of nitrogens with two attached hydrogens (primary N) is 2. The van der Waals surface area contributed by atoms with E-state index in [0.717, 1.165) is 0 Å². The molecule has 2 aromatic rings. The number of phenolic OH excluding ortho intramolecular Hbond substituents is 2. The van der Waals surface area contributed by atoms with Crippen molar-refractivity contribution >= 4 is 17.9 Å². The van der Waals surface area contributed by atoms with Crippen LogP contribution >= 0.6 is 0 Å².